The van der Waals surface area contributed by atoms with Gasteiger partial charge >= 0.3 is 0 Å². The van der Waals surface area contributed by atoms with Crippen molar-refractivity contribution in [3.63, 3.8) is 0 Å². The molecule has 1 N–H and O–H groups in total. The third-order valence-corrected chi connectivity index (χ3v) is 0.181. The van der Waals surface area contributed by atoms with Crippen LogP contribution in [0.1, 0.15) is 41.0 Å². The minimum absolute atomic E-state index is 3.50. The normalized spacial score (nSPS) is 47.8. The zero-order valence-electron chi connectivity index (χ0n) is 13.9. The van der Waals surface area contributed by atoms with Crippen LogP contribution >= 0.6 is 0 Å². The molecule has 0 rings (SSSR count). The molecule has 0 saturated carbocycles. The largest absolute Gasteiger partial charge is 0.396 e. The fourth-order valence-corrected chi connectivity index (χ4v) is 0.0592. The van der Waals surface area contributed by atoms with Crippen LogP contribution in [0.15, 0.2) is 0 Å². The lowest BCUT2D eigenvalue weighted by molar-refractivity contribution is 0.284. The van der Waals surface area contributed by atoms with Crippen LogP contribution < -0.4 is 0 Å². The average molecular weight is 99.2 g/mol. The molecule has 0 aromatic heterocycles. The zero-order valence-corrected chi connectivity index (χ0v) is 2.95. The van der Waals surface area contributed by atoms with Gasteiger partial charge in [0.1, 0.15) is 0 Å². The molecule has 0 aromatic rings. The van der Waals surface area contributed by atoms with Gasteiger partial charge in [0.2, 0.25) is 0 Å². The van der Waals surface area contributed by atoms with Gasteiger partial charge in [0.15, 0.2) is 0 Å². The van der Waals surface area contributed by atoms with Crippen LogP contribution in [-0.4, -0.2) is 11.7 Å². The first-order chi connectivity index (χ1) is 7.00. The summed E-state index contributed by atoms with van der Waals surface area (Å²) >= 11 is 0. The molecule has 0 aliphatic heterocycles. The van der Waals surface area contributed by atoms with Gasteiger partial charge in [-0.1, -0.05) is 19.6 Å². The standard InChI is InChI=1S/C5H12O/c1-2-3-4-5-6/h6H,2-5H2,1H3/i1D3,2D2,3D2,4D2,5D2. The highest BCUT2D eigenvalue weighted by atomic mass is 16.2. The Balaban J connectivity index is 5.73. The van der Waals surface area contributed by atoms with E-state index in [1.54, 1.807) is 0 Å². The molecule has 0 heterocycles. The van der Waals surface area contributed by atoms with E-state index >= 15 is 0 Å². The lowest BCUT2D eigenvalue weighted by atomic mass is 10.3. The lowest BCUT2D eigenvalue weighted by Crippen LogP contribution is -1.78. The van der Waals surface area contributed by atoms with Crippen LogP contribution in [0.5, 0.6) is 0 Å². The molecule has 1 heteroatoms. The summed E-state index contributed by atoms with van der Waals surface area (Å²) in [5, 5.41) is 8.88. The molecule has 0 amide bonds. The molecule has 0 aliphatic rings. The molecule has 0 aliphatic carbocycles. The Morgan fingerprint density at radius 3 is 3.17 bits per heavy atom. The van der Waals surface area contributed by atoms with Crippen molar-refractivity contribution in [2.45, 2.75) is 26.0 Å². The summed E-state index contributed by atoms with van der Waals surface area (Å²) in [6, 6.07) is 0. The number of hydrogen-bond donors (Lipinski definition) is 1. The van der Waals surface area contributed by atoms with Crippen molar-refractivity contribution in [3.05, 3.63) is 0 Å². The molecule has 0 saturated heterocycles. The van der Waals surface area contributed by atoms with Crippen LogP contribution in [-0.2, 0) is 0 Å². The third kappa shape index (κ3) is 3.96. The highest BCUT2D eigenvalue weighted by Crippen LogP contribution is 1.89. The SMILES string of the molecule is [2H]C([2H])([2H])C([2H])([2H])C([2H])([2H])C([2H])([2H])C([2H])([2H])O. The van der Waals surface area contributed by atoms with E-state index in [9.17, 15) is 0 Å². The Morgan fingerprint density at radius 1 is 1.83 bits per heavy atom. The Bertz CT molecular complexity index is 255. The minimum atomic E-state index is -3.76. The van der Waals surface area contributed by atoms with E-state index in [1.165, 1.54) is 0 Å². The van der Waals surface area contributed by atoms with Gasteiger partial charge in [0.25, 0.3) is 0 Å². The van der Waals surface area contributed by atoms with Crippen LogP contribution in [0.25, 0.3) is 0 Å². The average Bonchev–Trinajstić information content (AvgIpc) is 1.98. The molecule has 1 nitrogen and oxygen atoms in total. The summed E-state index contributed by atoms with van der Waals surface area (Å²) in [4.78, 5) is 0. The van der Waals surface area contributed by atoms with Gasteiger partial charge < -0.3 is 5.11 Å². The van der Waals surface area contributed by atoms with Crippen LogP contribution in [0.3, 0.4) is 0 Å². The van der Waals surface area contributed by atoms with Gasteiger partial charge in [-0.15, -0.1) is 0 Å². The molecular formula is C5H12O. The van der Waals surface area contributed by atoms with Crippen molar-refractivity contribution < 1.29 is 20.2 Å². The third-order valence-electron chi connectivity index (χ3n) is 0.181. The first kappa shape index (κ1) is 0.576. The van der Waals surface area contributed by atoms with Crippen LogP contribution in [0.2, 0.25) is 0 Å². The van der Waals surface area contributed by atoms with E-state index in [4.69, 9.17) is 20.2 Å². The molecule has 38 valence electrons. The van der Waals surface area contributed by atoms with E-state index in [1.807, 2.05) is 0 Å². The van der Waals surface area contributed by atoms with Gasteiger partial charge in [-0.25, -0.2) is 0 Å². The molecule has 0 spiro atoms. The second-order valence-electron chi connectivity index (χ2n) is 0.487. The summed E-state index contributed by atoms with van der Waals surface area (Å²) in [5.74, 6) is 0. The number of rotatable bonds is 3. The zero-order chi connectivity index (χ0) is 14.5. The van der Waals surface area contributed by atoms with Crippen molar-refractivity contribution >= 4 is 0 Å². The van der Waals surface area contributed by atoms with E-state index in [-0.39, 0.29) is 0 Å². The van der Waals surface area contributed by atoms with Gasteiger partial charge in [-0.3, -0.25) is 0 Å². The van der Waals surface area contributed by atoms with E-state index < -0.39 is 32.5 Å². The first-order valence-electron chi connectivity index (χ1n) is 6.72. The maximum atomic E-state index is 8.88. The van der Waals surface area contributed by atoms with Crippen LogP contribution in [0, 0.1) is 0 Å². The van der Waals surface area contributed by atoms with Crippen molar-refractivity contribution in [2.75, 3.05) is 6.56 Å². The van der Waals surface area contributed by atoms with Crippen molar-refractivity contribution in [2.24, 2.45) is 0 Å². The fourth-order valence-electron chi connectivity index (χ4n) is 0.0592. The monoisotopic (exact) mass is 99.2 g/mol. The van der Waals surface area contributed by atoms with Gasteiger partial charge in [0, 0.05) is 18.9 Å². The fraction of sp³-hybridized carbons (Fsp3) is 1.00. The smallest absolute Gasteiger partial charge is 0.0564 e. The summed E-state index contributed by atoms with van der Waals surface area (Å²) in [7, 11) is 0. The quantitative estimate of drug-likeness (QED) is 0.563. The number of aliphatic hydroxyl groups is 1. The lowest BCUT2D eigenvalue weighted by Gasteiger charge is -1.85. The minimum Gasteiger partial charge on any atom is -0.396 e. The van der Waals surface area contributed by atoms with Gasteiger partial charge in [-0.2, -0.15) is 0 Å². The van der Waals surface area contributed by atoms with E-state index in [0.29, 0.717) is 0 Å². The first-order valence-corrected chi connectivity index (χ1v) is 1.22. The van der Waals surface area contributed by atoms with Crippen molar-refractivity contribution in [1.82, 2.24) is 0 Å². The highest BCUT2D eigenvalue weighted by molar-refractivity contribution is 4.30. The Labute approximate surface area is 54.4 Å². The van der Waals surface area contributed by atoms with E-state index in [2.05, 4.69) is 0 Å². The van der Waals surface area contributed by atoms with Crippen molar-refractivity contribution in [3.8, 4) is 0 Å². The Morgan fingerprint density at radius 2 is 2.67 bits per heavy atom. The van der Waals surface area contributed by atoms with E-state index in [0.717, 1.165) is 0 Å². The number of hydrogen-bond acceptors (Lipinski definition) is 1. The van der Waals surface area contributed by atoms with Crippen LogP contribution in [0.4, 0.5) is 0 Å². The molecule has 0 unspecified atom stereocenters. The topological polar surface area (TPSA) is 20.2 Å². The predicted molar refractivity (Wildman–Crippen MR) is 26.6 cm³/mol. The molecule has 0 bridgehead atoms. The maximum absolute atomic E-state index is 8.88. The Hall–Kier alpha value is -0.0400. The van der Waals surface area contributed by atoms with Crippen molar-refractivity contribution in [1.29, 1.82) is 0 Å². The predicted octanol–water partition coefficient (Wildman–Crippen LogP) is 1.17. The second kappa shape index (κ2) is 4.96. The summed E-state index contributed by atoms with van der Waals surface area (Å²) in [6.07, 6.45) is -11.2. The Kier molecular flexibility index (Phi) is 0.476. The highest BCUT2D eigenvalue weighted by Gasteiger charge is 1.76. The summed E-state index contributed by atoms with van der Waals surface area (Å²) in [6.45, 7) is -7.23. The van der Waals surface area contributed by atoms with Gasteiger partial charge in [-0.05, 0) is 6.37 Å². The van der Waals surface area contributed by atoms with Gasteiger partial charge in [0.05, 0.1) is 2.74 Å². The summed E-state index contributed by atoms with van der Waals surface area (Å²) in [5.41, 5.74) is 0. The molecular weight excluding hydrogens is 76.1 g/mol. The second-order valence-corrected chi connectivity index (χ2v) is 0.487. The molecule has 0 aromatic carbocycles. The molecule has 0 atom stereocenters. The maximum Gasteiger partial charge on any atom is 0.0564 e. The summed E-state index contributed by atoms with van der Waals surface area (Å²) < 4.78 is 76.8. The molecule has 6 heavy (non-hydrogen) atoms. The molecule has 0 fully saturated rings. The molecule has 0 radical (unpaired) electrons.